The van der Waals surface area contributed by atoms with Crippen LogP contribution in [0.1, 0.15) is 32.6 Å². The summed E-state index contributed by atoms with van der Waals surface area (Å²) in [5.41, 5.74) is -0.704. The van der Waals surface area contributed by atoms with Crippen LogP contribution in [0.15, 0.2) is 0 Å². The second-order valence-corrected chi connectivity index (χ2v) is 5.41. The molecule has 0 spiro atoms. The minimum atomic E-state index is -0.704. The minimum absolute atomic E-state index is 0.0864. The molecule has 2 rings (SSSR count). The molecule has 18 heavy (non-hydrogen) atoms. The Balaban J connectivity index is 1.89. The Morgan fingerprint density at radius 2 is 1.94 bits per heavy atom. The molecule has 0 bridgehead atoms. The zero-order valence-electron chi connectivity index (χ0n) is 11.2. The topological polar surface area (TPSA) is 58.6 Å². The van der Waals surface area contributed by atoms with Crippen LogP contribution in [0, 0.1) is 5.92 Å². The summed E-state index contributed by atoms with van der Waals surface area (Å²) in [6.45, 7) is 3.76. The smallest absolute Gasteiger partial charge is 0.326 e. The van der Waals surface area contributed by atoms with Crippen LogP contribution < -0.4 is 5.32 Å². The van der Waals surface area contributed by atoms with Crippen molar-refractivity contribution < 1.29 is 14.3 Å². The molecule has 1 aliphatic carbocycles. The number of rotatable bonds is 5. The molecule has 1 amide bonds. The highest BCUT2D eigenvalue weighted by atomic mass is 16.5. The average Bonchev–Trinajstić information content (AvgIpc) is 3.10. The number of hydrogen-bond donors (Lipinski definition) is 1. The van der Waals surface area contributed by atoms with E-state index in [4.69, 9.17) is 4.74 Å². The van der Waals surface area contributed by atoms with Gasteiger partial charge in [-0.15, -0.1) is 0 Å². The number of nitrogens with one attached hydrogen (secondary N) is 1. The fourth-order valence-corrected chi connectivity index (χ4v) is 2.59. The maximum atomic E-state index is 12.0. The van der Waals surface area contributed by atoms with E-state index >= 15 is 0 Å². The van der Waals surface area contributed by atoms with E-state index in [9.17, 15) is 9.59 Å². The van der Waals surface area contributed by atoms with Crippen LogP contribution in [0.25, 0.3) is 0 Å². The molecule has 102 valence electrons. The van der Waals surface area contributed by atoms with Gasteiger partial charge in [-0.25, -0.2) is 0 Å². The molecule has 0 radical (unpaired) electrons. The Hall–Kier alpha value is -1.10. The van der Waals surface area contributed by atoms with Crippen LogP contribution >= 0.6 is 0 Å². The van der Waals surface area contributed by atoms with Crippen molar-refractivity contribution in [1.29, 1.82) is 0 Å². The van der Waals surface area contributed by atoms with Crippen molar-refractivity contribution in [2.24, 2.45) is 5.92 Å². The SMILES string of the molecule is COC(=O)[C@@](C)(NCC(=O)N1CCCC1)C1CC1. The lowest BCUT2D eigenvalue weighted by atomic mass is 9.96. The van der Waals surface area contributed by atoms with E-state index < -0.39 is 5.54 Å². The number of likely N-dealkylation sites (tertiary alicyclic amines) is 1. The number of carbonyl (C=O) groups is 2. The molecule has 1 heterocycles. The Morgan fingerprint density at radius 1 is 1.33 bits per heavy atom. The predicted octanol–water partition coefficient (Wildman–Crippen LogP) is 0.540. The molecule has 2 fully saturated rings. The van der Waals surface area contributed by atoms with Gasteiger partial charge in [0.1, 0.15) is 5.54 Å². The van der Waals surface area contributed by atoms with Crippen molar-refractivity contribution in [3.05, 3.63) is 0 Å². The van der Waals surface area contributed by atoms with Crippen LogP contribution in [-0.4, -0.2) is 49.1 Å². The van der Waals surface area contributed by atoms with E-state index in [1.807, 2.05) is 11.8 Å². The number of nitrogens with zero attached hydrogens (tertiary/aromatic N) is 1. The largest absolute Gasteiger partial charge is 0.468 e. The predicted molar refractivity (Wildman–Crippen MR) is 67.0 cm³/mol. The van der Waals surface area contributed by atoms with E-state index in [1.165, 1.54) is 7.11 Å². The number of amides is 1. The highest BCUT2D eigenvalue weighted by Gasteiger charge is 2.48. The van der Waals surface area contributed by atoms with E-state index in [-0.39, 0.29) is 18.4 Å². The maximum Gasteiger partial charge on any atom is 0.326 e. The van der Waals surface area contributed by atoms with Gasteiger partial charge in [0, 0.05) is 13.1 Å². The zero-order chi connectivity index (χ0) is 13.2. The molecule has 1 atom stereocenters. The summed E-state index contributed by atoms with van der Waals surface area (Å²) in [6, 6.07) is 0. The molecule has 1 saturated carbocycles. The van der Waals surface area contributed by atoms with Gasteiger partial charge in [0.2, 0.25) is 5.91 Å². The quantitative estimate of drug-likeness (QED) is 0.728. The second-order valence-electron chi connectivity index (χ2n) is 5.41. The standard InChI is InChI=1S/C13H22N2O3/c1-13(10-5-6-10,12(17)18-2)14-9-11(16)15-7-3-4-8-15/h10,14H,3-9H2,1-2H3/t13-/m0/s1. The van der Waals surface area contributed by atoms with Crippen molar-refractivity contribution in [3.63, 3.8) is 0 Å². The van der Waals surface area contributed by atoms with Crippen molar-refractivity contribution >= 4 is 11.9 Å². The third-order valence-electron chi connectivity index (χ3n) is 4.07. The number of carbonyl (C=O) groups excluding carboxylic acids is 2. The van der Waals surface area contributed by atoms with Gasteiger partial charge in [0.15, 0.2) is 0 Å². The van der Waals surface area contributed by atoms with E-state index in [0.717, 1.165) is 38.8 Å². The summed E-state index contributed by atoms with van der Waals surface area (Å²) in [4.78, 5) is 25.7. The highest BCUT2D eigenvalue weighted by molar-refractivity contribution is 5.83. The molecular weight excluding hydrogens is 232 g/mol. The second kappa shape index (κ2) is 5.26. The van der Waals surface area contributed by atoms with E-state index in [2.05, 4.69) is 5.32 Å². The molecule has 5 nitrogen and oxygen atoms in total. The molecule has 5 heteroatoms. The monoisotopic (exact) mass is 254 g/mol. The summed E-state index contributed by atoms with van der Waals surface area (Å²) >= 11 is 0. The fraction of sp³-hybridized carbons (Fsp3) is 0.846. The van der Waals surface area contributed by atoms with Gasteiger partial charge in [0.25, 0.3) is 0 Å². The first-order valence-electron chi connectivity index (χ1n) is 6.69. The number of methoxy groups -OCH3 is 1. The number of hydrogen-bond acceptors (Lipinski definition) is 4. The first-order chi connectivity index (χ1) is 8.58. The van der Waals surface area contributed by atoms with Gasteiger partial charge in [-0.05, 0) is 38.5 Å². The summed E-state index contributed by atoms with van der Waals surface area (Å²) < 4.78 is 4.85. The van der Waals surface area contributed by atoms with Crippen molar-refractivity contribution in [2.45, 2.75) is 38.1 Å². The van der Waals surface area contributed by atoms with Crippen LogP contribution in [0.5, 0.6) is 0 Å². The molecule has 1 N–H and O–H groups in total. The van der Waals surface area contributed by atoms with Crippen LogP contribution in [0.3, 0.4) is 0 Å². The first kappa shape index (κ1) is 13.3. The van der Waals surface area contributed by atoms with Gasteiger partial charge in [-0.2, -0.15) is 0 Å². The molecule has 2 aliphatic rings. The molecule has 0 aromatic carbocycles. The van der Waals surface area contributed by atoms with Gasteiger partial charge >= 0.3 is 5.97 Å². The van der Waals surface area contributed by atoms with Gasteiger partial charge in [-0.3, -0.25) is 14.9 Å². The van der Waals surface area contributed by atoms with Crippen molar-refractivity contribution in [1.82, 2.24) is 10.2 Å². The Morgan fingerprint density at radius 3 is 2.44 bits per heavy atom. The number of ether oxygens (including phenoxy) is 1. The average molecular weight is 254 g/mol. The molecule has 1 aliphatic heterocycles. The molecule has 0 aromatic heterocycles. The lowest BCUT2D eigenvalue weighted by Gasteiger charge is -2.28. The lowest BCUT2D eigenvalue weighted by molar-refractivity contribution is -0.149. The Labute approximate surface area is 108 Å². The lowest BCUT2D eigenvalue weighted by Crippen LogP contribution is -2.55. The summed E-state index contributed by atoms with van der Waals surface area (Å²) in [5.74, 6) is 0.124. The Kier molecular flexibility index (Phi) is 3.90. The molecule has 0 unspecified atom stereocenters. The third-order valence-corrected chi connectivity index (χ3v) is 4.07. The molecule has 1 saturated heterocycles. The molecule has 0 aromatic rings. The van der Waals surface area contributed by atoms with Crippen molar-refractivity contribution in [3.8, 4) is 0 Å². The summed E-state index contributed by atoms with van der Waals surface area (Å²) in [7, 11) is 1.40. The summed E-state index contributed by atoms with van der Waals surface area (Å²) in [5, 5.41) is 3.12. The summed E-state index contributed by atoms with van der Waals surface area (Å²) in [6.07, 6.45) is 4.22. The van der Waals surface area contributed by atoms with Crippen molar-refractivity contribution in [2.75, 3.05) is 26.7 Å². The third kappa shape index (κ3) is 2.66. The normalized spacial score (nSPS) is 22.7. The number of esters is 1. The van der Waals surface area contributed by atoms with E-state index in [0.29, 0.717) is 5.92 Å². The molecular formula is C13H22N2O3. The highest BCUT2D eigenvalue weighted by Crippen LogP contribution is 2.40. The first-order valence-corrected chi connectivity index (χ1v) is 6.69. The Bertz CT molecular complexity index is 335. The fourth-order valence-electron chi connectivity index (χ4n) is 2.59. The maximum absolute atomic E-state index is 12.0. The zero-order valence-corrected chi connectivity index (χ0v) is 11.2. The van der Waals surface area contributed by atoms with Gasteiger partial charge in [0.05, 0.1) is 13.7 Å². The van der Waals surface area contributed by atoms with E-state index in [1.54, 1.807) is 0 Å². The van der Waals surface area contributed by atoms with Crippen LogP contribution in [0.4, 0.5) is 0 Å². The van der Waals surface area contributed by atoms with Crippen LogP contribution in [0.2, 0.25) is 0 Å². The van der Waals surface area contributed by atoms with Gasteiger partial charge in [-0.1, -0.05) is 0 Å². The minimum Gasteiger partial charge on any atom is -0.468 e. The van der Waals surface area contributed by atoms with Gasteiger partial charge < -0.3 is 9.64 Å². The van der Waals surface area contributed by atoms with Crippen LogP contribution in [-0.2, 0) is 14.3 Å².